The van der Waals surface area contributed by atoms with Gasteiger partial charge in [0.25, 0.3) is 5.91 Å². The molecule has 21 heavy (non-hydrogen) atoms. The van der Waals surface area contributed by atoms with E-state index in [-0.39, 0.29) is 23.4 Å². The molecule has 0 saturated heterocycles. The molecule has 0 radical (unpaired) electrons. The summed E-state index contributed by atoms with van der Waals surface area (Å²) in [5, 5.41) is 9.51. The van der Waals surface area contributed by atoms with Crippen molar-refractivity contribution in [3.8, 4) is 5.75 Å². The number of carbonyl (C=O) groups is 1. The molecule has 4 nitrogen and oxygen atoms in total. The summed E-state index contributed by atoms with van der Waals surface area (Å²) in [5.74, 6) is -0.770. The van der Waals surface area contributed by atoms with Crippen molar-refractivity contribution >= 4 is 5.91 Å². The third-order valence-electron chi connectivity index (χ3n) is 3.45. The van der Waals surface area contributed by atoms with Crippen molar-refractivity contribution < 1.29 is 14.3 Å². The minimum atomic E-state index is -0.658. The number of halogens is 1. The molecule has 1 saturated carbocycles. The van der Waals surface area contributed by atoms with Gasteiger partial charge in [-0.2, -0.15) is 4.39 Å². The lowest BCUT2D eigenvalue weighted by atomic mass is 10.2. The van der Waals surface area contributed by atoms with Crippen LogP contribution in [0.4, 0.5) is 4.39 Å². The van der Waals surface area contributed by atoms with E-state index in [1.54, 1.807) is 23.1 Å². The lowest BCUT2D eigenvalue weighted by molar-refractivity contribution is 0.0722. The summed E-state index contributed by atoms with van der Waals surface area (Å²) in [4.78, 5) is 17.8. The fourth-order valence-electron chi connectivity index (χ4n) is 2.28. The first-order chi connectivity index (χ1) is 10.1. The van der Waals surface area contributed by atoms with Crippen molar-refractivity contribution in [2.75, 3.05) is 0 Å². The first-order valence-corrected chi connectivity index (χ1v) is 6.85. The average Bonchev–Trinajstić information content (AvgIpc) is 3.29. The van der Waals surface area contributed by atoms with Crippen LogP contribution in [0.5, 0.6) is 5.75 Å². The number of pyridine rings is 1. The van der Waals surface area contributed by atoms with Gasteiger partial charge in [-0.1, -0.05) is 18.2 Å². The van der Waals surface area contributed by atoms with E-state index in [9.17, 15) is 14.3 Å². The number of nitrogens with zero attached hydrogens (tertiary/aromatic N) is 2. The lowest BCUT2D eigenvalue weighted by Gasteiger charge is -2.22. The zero-order chi connectivity index (χ0) is 14.8. The molecule has 1 heterocycles. The Kier molecular flexibility index (Phi) is 3.56. The molecular formula is C16H15FN2O2. The molecule has 0 spiro atoms. The molecule has 1 aliphatic carbocycles. The molecule has 1 aromatic heterocycles. The number of benzene rings is 1. The largest absolute Gasteiger partial charge is 0.508 e. The smallest absolute Gasteiger partial charge is 0.273 e. The summed E-state index contributed by atoms with van der Waals surface area (Å²) < 4.78 is 13.2. The number of hydrogen-bond donors (Lipinski definition) is 1. The Labute approximate surface area is 121 Å². The predicted molar refractivity (Wildman–Crippen MR) is 75.2 cm³/mol. The van der Waals surface area contributed by atoms with E-state index >= 15 is 0 Å². The average molecular weight is 286 g/mol. The second-order valence-electron chi connectivity index (χ2n) is 5.18. The number of phenols is 1. The molecule has 1 N–H and O–H groups in total. The van der Waals surface area contributed by atoms with Gasteiger partial charge in [0.1, 0.15) is 11.4 Å². The third kappa shape index (κ3) is 3.18. The van der Waals surface area contributed by atoms with Crippen molar-refractivity contribution in [3.63, 3.8) is 0 Å². The summed E-state index contributed by atoms with van der Waals surface area (Å²) >= 11 is 0. The maximum Gasteiger partial charge on any atom is 0.273 e. The molecule has 1 amide bonds. The Morgan fingerprint density at radius 3 is 2.71 bits per heavy atom. The summed E-state index contributed by atoms with van der Waals surface area (Å²) in [6, 6.07) is 11.2. The van der Waals surface area contributed by atoms with Crippen molar-refractivity contribution in [3.05, 3.63) is 59.7 Å². The van der Waals surface area contributed by atoms with E-state index in [0.29, 0.717) is 6.54 Å². The molecule has 1 aromatic carbocycles. The van der Waals surface area contributed by atoms with Crippen molar-refractivity contribution in [1.29, 1.82) is 0 Å². The highest BCUT2D eigenvalue weighted by molar-refractivity contribution is 5.92. The number of phenolic OH excluding ortho intramolecular Hbond substituents is 1. The van der Waals surface area contributed by atoms with Crippen molar-refractivity contribution in [2.24, 2.45) is 0 Å². The van der Waals surface area contributed by atoms with Gasteiger partial charge in [-0.3, -0.25) is 4.79 Å². The van der Waals surface area contributed by atoms with Crippen LogP contribution in [0.1, 0.15) is 28.9 Å². The van der Waals surface area contributed by atoms with Crippen LogP contribution in [0.2, 0.25) is 0 Å². The number of rotatable bonds is 4. The Morgan fingerprint density at radius 1 is 1.29 bits per heavy atom. The summed E-state index contributed by atoms with van der Waals surface area (Å²) in [6.07, 6.45) is 1.89. The van der Waals surface area contributed by atoms with Crippen LogP contribution in [0.25, 0.3) is 0 Å². The molecule has 0 bridgehead atoms. The van der Waals surface area contributed by atoms with E-state index in [1.807, 2.05) is 6.07 Å². The Morgan fingerprint density at radius 2 is 2.05 bits per heavy atom. The summed E-state index contributed by atoms with van der Waals surface area (Å²) in [6.45, 7) is 0.385. The first-order valence-electron chi connectivity index (χ1n) is 6.85. The van der Waals surface area contributed by atoms with E-state index in [2.05, 4.69) is 4.98 Å². The van der Waals surface area contributed by atoms with Crippen LogP contribution in [0.3, 0.4) is 0 Å². The van der Waals surface area contributed by atoms with Gasteiger partial charge >= 0.3 is 0 Å². The fraction of sp³-hybridized carbons (Fsp3) is 0.250. The highest BCUT2D eigenvalue weighted by Crippen LogP contribution is 2.30. The van der Waals surface area contributed by atoms with E-state index in [0.717, 1.165) is 18.4 Å². The molecule has 0 atom stereocenters. The van der Waals surface area contributed by atoms with Crippen molar-refractivity contribution in [1.82, 2.24) is 9.88 Å². The van der Waals surface area contributed by atoms with E-state index in [4.69, 9.17) is 0 Å². The quantitative estimate of drug-likeness (QED) is 0.879. The Hall–Kier alpha value is -2.43. The highest BCUT2D eigenvalue weighted by Gasteiger charge is 2.33. The van der Waals surface area contributed by atoms with E-state index < -0.39 is 5.95 Å². The molecule has 1 fully saturated rings. The molecule has 2 aromatic rings. The third-order valence-corrected chi connectivity index (χ3v) is 3.45. The Balaban J connectivity index is 1.83. The monoisotopic (exact) mass is 286 g/mol. The van der Waals surface area contributed by atoms with Crippen LogP contribution in [-0.2, 0) is 6.54 Å². The molecule has 0 unspecified atom stereocenters. The number of aromatic hydroxyl groups is 1. The maximum atomic E-state index is 13.2. The van der Waals surface area contributed by atoms with Gasteiger partial charge in [0.2, 0.25) is 5.95 Å². The molecule has 108 valence electrons. The van der Waals surface area contributed by atoms with Crippen LogP contribution >= 0.6 is 0 Å². The zero-order valence-corrected chi connectivity index (χ0v) is 11.4. The Bertz CT molecular complexity index is 671. The zero-order valence-electron chi connectivity index (χ0n) is 11.4. The number of aromatic nitrogens is 1. The summed E-state index contributed by atoms with van der Waals surface area (Å²) in [5.41, 5.74) is 0.953. The second kappa shape index (κ2) is 5.52. The van der Waals surface area contributed by atoms with Gasteiger partial charge < -0.3 is 10.0 Å². The normalized spacial score (nSPS) is 14.0. The minimum absolute atomic E-state index is 0.113. The van der Waals surface area contributed by atoms with Crippen LogP contribution in [0.15, 0.2) is 42.5 Å². The second-order valence-corrected chi connectivity index (χ2v) is 5.18. The number of hydrogen-bond acceptors (Lipinski definition) is 3. The van der Waals surface area contributed by atoms with Crippen LogP contribution in [0, 0.1) is 5.95 Å². The minimum Gasteiger partial charge on any atom is -0.508 e. The summed E-state index contributed by atoms with van der Waals surface area (Å²) in [7, 11) is 0. The van der Waals surface area contributed by atoms with Crippen LogP contribution < -0.4 is 0 Å². The lowest BCUT2D eigenvalue weighted by Crippen LogP contribution is -2.33. The molecule has 3 rings (SSSR count). The van der Waals surface area contributed by atoms with Gasteiger partial charge in [0.05, 0.1) is 0 Å². The van der Waals surface area contributed by atoms with Gasteiger partial charge in [-0.15, -0.1) is 0 Å². The van der Waals surface area contributed by atoms with Gasteiger partial charge in [-0.05, 0) is 42.7 Å². The number of amides is 1. The maximum absolute atomic E-state index is 13.2. The molecular weight excluding hydrogens is 271 g/mol. The fourth-order valence-corrected chi connectivity index (χ4v) is 2.28. The first kappa shape index (κ1) is 13.5. The molecule has 1 aliphatic rings. The van der Waals surface area contributed by atoms with Crippen LogP contribution in [-0.4, -0.2) is 26.9 Å². The van der Waals surface area contributed by atoms with Gasteiger partial charge in [0, 0.05) is 12.6 Å². The SMILES string of the molecule is O=C(c1cccc(F)n1)N(Cc1cccc(O)c1)C1CC1. The van der Waals surface area contributed by atoms with Gasteiger partial charge in [-0.25, -0.2) is 4.98 Å². The molecule has 5 heteroatoms. The standard InChI is InChI=1S/C16H15FN2O2/c17-15-6-2-5-14(18-15)16(21)19(12-7-8-12)10-11-3-1-4-13(20)9-11/h1-6,9,12,20H,7-8,10H2. The number of carbonyl (C=O) groups excluding carboxylic acids is 1. The predicted octanol–water partition coefficient (Wildman–Crippen LogP) is 2.73. The molecule has 0 aliphatic heterocycles. The van der Waals surface area contributed by atoms with Gasteiger partial charge in [0.15, 0.2) is 0 Å². The highest BCUT2D eigenvalue weighted by atomic mass is 19.1. The van der Waals surface area contributed by atoms with E-state index in [1.165, 1.54) is 18.2 Å². The van der Waals surface area contributed by atoms with Crippen molar-refractivity contribution in [2.45, 2.75) is 25.4 Å². The topological polar surface area (TPSA) is 53.4 Å².